The van der Waals surface area contributed by atoms with Gasteiger partial charge in [0.2, 0.25) is 5.91 Å². The third-order valence-corrected chi connectivity index (χ3v) is 2.90. The molecule has 0 aliphatic carbocycles. The minimum atomic E-state index is -0.902. The second kappa shape index (κ2) is 7.19. The van der Waals surface area contributed by atoms with Crippen molar-refractivity contribution in [2.45, 2.75) is 32.7 Å². The number of aliphatic hydroxyl groups excluding tert-OH is 1. The molecule has 0 radical (unpaired) electrons. The quantitative estimate of drug-likeness (QED) is 0.861. The van der Waals surface area contributed by atoms with Gasteiger partial charge in [-0.25, -0.2) is 8.78 Å². The Balaban J connectivity index is 2.59. The minimum absolute atomic E-state index is 0.00426. The highest BCUT2D eigenvalue weighted by Crippen LogP contribution is 2.12. The predicted molar refractivity (Wildman–Crippen MR) is 68.6 cm³/mol. The standard InChI is InChI=1S/C14H19F2NO2/c1-10(2)17(7-8-18)14(19)6-4-11-3-5-12(15)13(16)9-11/h3,5,9-10,18H,4,6-8H2,1-2H3. The van der Waals surface area contributed by atoms with E-state index in [9.17, 15) is 13.6 Å². The average molecular weight is 271 g/mol. The van der Waals surface area contributed by atoms with Crippen molar-refractivity contribution in [1.29, 1.82) is 0 Å². The van der Waals surface area contributed by atoms with Crippen LogP contribution < -0.4 is 0 Å². The molecule has 106 valence electrons. The number of carbonyl (C=O) groups is 1. The van der Waals surface area contributed by atoms with Crippen LogP contribution in [-0.4, -0.2) is 35.1 Å². The molecule has 1 amide bonds. The van der Waals surface area contributed by atoms with Crippen LogP contribution in [0.3, 0.4) is 0 Å². The first kappa shape index (κ1) is 15.6. The third-order valence-electron chi connectivity index (χ3n) is 2.90. The van der Waals surface area contributed by atoms with Gasteiger partial charge in [-0.1, -0.05) is 6.07 Å². The zero-order chi connectivity index (χ0) is 14.4. The summed E-state index contributed by atoms with van der Waals surface area (Å²) >= 11 is 0. The van der Waals surface area contributed by atoms with E-state index in [-0.39, 0.29) is 31.5 Å². The average Bonchev–Trinajstić information content (AvgIpc) is 2.36. The van der Waals surface area contributed by atoms with E-state index in [1.807, 2.05) is 13.8 Å². The predicted octanol–water partition coefficient (Wildman–Crippen LogP) is 2.13. The topological polar surface area (TPSA) is 40.5 Å². The van der Waals surface area contributed by atoms with E-state index in [1.54, 1.807) is 4.90 Å². The molecule has 1 aromatic rings. The van der Waals surface area contributed by atoms with E-state index in [1.165, 1.54) is 6.07 Å². The summed E-state index contributed by atoms with van der Waals surface area (Å²) in [5.41, 5.74) is 0.583. The van der Waals surface area contributed by atoms with E-state index in [2.05, 4.69) is 0 Å². The summed E-state index contributed by atoms with van der Waals surface area (Å²) in [4.78, 5) is 13.5. The molecule has 0 saturated carbocycles. The van der Waals surface area contributed by atoms with E-state index < -0.39 is 11.6 Å². The number of carbonyl (C=O) groups excluding carboxylic acids is 1. The molecule has 0 aliphatic rings. The van der Waals surface area contributed by atoms with Crippen LogP contribution in [0.4, 0.5) is 8.78 Å². The maximum absolute atomic E-state index is 13.0. The molecule has 1 N–H and O–H groups in total. The van der Waals surface area contributed by atoms with Crippen molar-refractivity contribution in [2.75, 3.05) is 13.2 Å². The van der Waals surface area contributed by atoms with Crippen molar-refractivity contribution < 1.29 is 18.7 Å². The normalized spacial score (nSPS) is 10.8. The van der Waals surface area contributed by atoms with Crippen LogP contribution in [0.1, 0.15) is 25.8 Å². The molecule has 5 heteroatoms. The van der Waals surface area contributed by atoms with Gasteiger partial charge in [0.05, 0.1) is 6.61 Å². The molecular weight excluding hydrogens is 252 g/mol. The third kappa shape index (κ3) is 4.59. The summed E-state index contributed by atoms with van der Waals surface area (Å²) < 4.78 is 25.8. The van der Waals surface area contributed by atoms with Gasteiger partial charge in [0.25, 0.3) is 0 Å². The Labute approximate surface area is 111 Å². The fraction of sp³-hybridized carbons (Fsp3) is 0.500. The lowest BCUT2D eigenvalue weighted by atomic mass is 10.1. The van der Waals surface area contributed by atoms with Crippen molar-refractivity contribution in [3.63, 3.8) is 0 Å². The first-order chi connectivity index (χ1) is 8.95. The molecule has 0 saturated heterocycles. The van der Waals surface area contributed by atoms with Crippen LogP contribution in [0.25, 0.3) is 0 Å². The van der Waals surface area contributed by atoms with Crippen LogP contribution in [0, 0.1) is 11.6 Å². The molecule has 0 bridgehead atoms. The molecule has 0 spiro atoms. The number of aryl methyl sites for hydroxylation is 1. The van der Waals surface area contributed by atoms with E-state index >= 15 is 0 Å². The molecule has 0 fully saturated rings. The number of halogens is 2. The number of nitrogens with zero attached hydrogens (tertiary/aromatic N) is 1. The molecule has 1 rings (SSSR count). The Morgan fingerprint density at radius 3 is 2.53 bits per heavy atom. The lowest BCUT2D eigenvalue weighted by Gasteiger charge is -2.26. The summed E-state index contributed by atoms with van der Waals surface area (Å²) in [7, 11) is 0. The van der Waals surface area contributed by atoms with Crippen molar-refractivity contribution in [3.8, 4) is 0 Å². The first-order valence-corrected chi connectivity index (χ1v) is 6.30. The Kier molecular flexibility index (Phi) is 5.89. The Morgan fingerprint density at radius 1 is 1.32 bits per heavy atom. The Morgan fingerprint density at radius 2 is 2.00 bits per heavy atom. The molecule has 0 aliphatic heterocycles. The molecule has 3 nitrogen and oxygen atoms in total. The molecule has 0 heterocycles. The van der Waals surface area contributed by atoms with Gasteiger partial charge in [-0.3, -0.25) is 4.79 Å². The maximum Gasteiger partial charge on any atom is 0.223 e. The van der Waals surface area contributed by atoms with Gasteiger partial charge in [0.1, 0.15) is 0 Å². The van der Waals surface area contributed by atoms with Gasteiger partial charge in [0.15, 0.2) is 11.6 Å². The summed E-state index contributed by atoms with van der Waals surface area (Å²) in [6, 6.07) is 3.64. The summed E-state index contributed by atoms with van der Waals surface area (Å²) in [6.45, 7) is 3.93. The minimum Gasteiger partial charge on any atom is -0.395 e. The highest BCUT2D eigenvalue weighted by Gasteiger charge is 2.16. The largest absolute Gasteiger partial charge is 0.395 e. The van der Waals surface area contributed by atoms with Crippen LogP contribution in [0.2, 0.25) is 0 Å². The highest BCUT2D eigenvalue weighted by molar-refractivity contribution is 5.76. The van der Waals surface area contributed by atoms with E-state index in [4.69, 9.17) is 5.11 Å². The lowest BCUT2D eigenvalue weighted by molar-refractivity contribution is -0.133. The highest BCUT2D eigenvalue weighted by atomic mass is 19.2. The van der Waals surface area contributed by atoms with Gasteiger partial charge in [-0.15, -0.1) is 0 Å². The van der Waals surface area contributed by atoms with Crippen LogP contribution in [0.15, 0.2) is 18.2 Å². The first-order valence-electron chi connectivity index (χ1n) is 6.30. The van der Waals surface area contributed by atoms with Crippen LogP contribution >= 0.6 is 0 Å². The second-order valence-corrected chi connectivity index (χ2v) is 4.65. The number of hydrogen-bond donors (Lipinski definition) is 1. The molecule has 0 atom stereocenters. The number of aliphatic hydroxyl groups is 1. The van der Waals surface area contributed by atoms with Crippen molar-refractivity contribution >= 4 is 5.91 Å². The fourth-order valence-electron chi connectivity index (χ4n) is 1.87. The molecular formula is C14H19F2NO2. The Bertz CT molecular complexity index is 435. The van der Waals surface area contributed by atoms with Gasteiger partial charge < -0.3 is 10.0 Å². The summed E-state index contributed by atoms with van der Waals surface area (Å²) in [6.07, 6.45) is 0.563. The Hall–Kier alpha value is -1.49. The summed E-state index contributed by atoms with van der Waals surface area (Å²) in [5.74, 6) is -1.89. The number of hydrogen-bond acceptors (Lipinski definition) is 2. The van der Waals surface area contributed by atoms with E-state index in [0.717, 1.165) is 12.1 Å². The number of rotatable bonds is 6. The SMILES string of the molecule is CC(C)N(CCO)C(=O)CCc1ccc(F)c(F)c1. The second-order valence-electron chi connectivity index (χ2n) is 4.65. The fourth-order valence-corrected chi connectivity index (χ4v) is 1.87. The maximum atomic E-state index is 13.0. The number of benzene rings is 1. The van der Waals surface area contributed by atoms with E-state index in [0.29, 0.717) is 12.0 Å². The van der Waals surface area contributed by atoms with Crippen molar-refractivity contribution in [3.05, 3.63) is 35.4 Å². The van der Waals surface area contributed by atoms with Gasteiger partial charge >= 0.3 is 0 Å². The molecule has 1 aromatic carbocycles. The lowest BCUT2D eigenvalue weighted by Crippen LogP contribution is -2.39. The zero-order valence-corrected chi connectivity index (χ0v) is 11.2. The molecule has 0 unspecified atom stereocenters. The number of amides is 1. The monoisotopic (exact) mass is 271 g/mol. The van der Waals surface area contributed by atoms with Gasteiger partial charge in [0, 0.05) is 19.0 Å². The smallest absolute Gasteiger partial charge is 0.223 e. The summed E-state index contributed by atoms with van der Waals surface area (Å²) in [5, 5.41) is 8.90. The van der Waals surface area contributed by atoms with Gasteiger partial charge in [-0.05, 0) is 38.0 Å². The van der Waals surface area contributed by atoms with Crippen LogP contribution in [-0.2, 0) is 11.2 Å². The molecule has 0 aromatic heterocycles. The zero-order valence-electron chi connectivity index (χ0n) is 11.2. The van der Waals surface area contributed by atoms with Gasteiger partial charge in [-0.2, -0.15) is 0 Å². The molecule has 19 heavy (non-hydrogen) atoms. The van der Waals surface area contributed by atoms with Crippen molar-refractivity contribution in [2.24, 2.45) is 0 Å². The van der Waals surface area contributed by atoms with Crippen molar-refractivity contribution in [1.82, 2.24) is 4.90 Å². The van der Waals surface area contributed by atoms with Crippen LogP contribution in [0.5, 0.6) is 0 Å².